The van der Waals surface area contributed by atoms with E-state index in [9.17, 15) is 9.59 Å². The number of hydrogen-bond acceptors (Lipinski definition) is 6. The highest BCUT2D eigenvalue weighted by Gasteiger charge is 2.32. The fourth-order valence-corrected chi connectivity index (χ4v) is 4.62. The maximum absolute atomic E-state index is 13.0. The van der Waals surface area contributed by atoms with E-state index in [2.05, 4.69) is 11.9 Å². The number of nitrogens with zero attached hydrogens (tertiary/aromatic N) is 2. The highest BCUT2D eigenvalue weighted by atomic mass is 32.2. The van der Waals surface area contributed by atoms with Crippen molar-refractivity contribution in [1.29, 1.82) is 0 Å². The Balaban J connectivity index is 1.70. The summed E-state index contributed by atoms with van der Waals surface area (Å²) in [5.41, 5.74) is 7.21. The average Bonchev–Trinajstić information content (AvgIpc) is 2.68. The van der Waals surface area contributed by atoms with Crippen molar-refractivity contribution in [2.24, 2.45) is 16.6 Å². The minimum Gasteiger partial charge on any atom is -0.466 e. The Kier molecular flexibility index (Phi) is 6.09. The molecule has 2 N–H and O–H groups in total. The molecule has 1 atom stereocenters. The summed E-state index contributed by atoms with van der Waals surface area (Å²) in [5.74, 6) is 0.678. The SMILES string of the molecule is CCOC(=O)C1CCN(C(=O)c2cccc(C3(C)CCSC(N)=N3)c2)CC1. The van der Waals surface area contributed by atoms with E-state index >= 15 is 0 Å². The van der Waals surface area contributed by atoms with Crippen molar-refractivity contribution in [3.8, 4) is 0 Å². The molecule has 7 heteroatoms. The Labute approximate surface area is 164 Å². The van der Waals surface area contributed by atoms with Gasteiger partial charge in [0.15, 0.2) is 5.17 Å². The van der Waals surface area contributed by atoms with Crippen LogP contribution in [0.3, 0.4) is 0 Å². The van der Waals surface area contributed by atoms with E-state index in [-0.39, 0.29) is 23.3 Å². The van der Waals surface area contributed by atoms with Crippen LogP contribution in [0.5, 0.6) is 0 Å². The monoisotopic (exact) mass is 389 g/mol. The second-order valence-corrected chi connectivity index (χ2v) is 8.34. The molecule has 3 rings (SSSR count). The summed E-state index contributed by atoms with van der Waals surface area (Å²) in [4.78, 5) is 31.3. The van der Waals surface area contributed by atoms with E-state index in [0.717, 1.165) is 17.7 Å². The van der Waals surface area contributed by atoms with Gasteiger partial charge in [-0.2, -0.15) is 0 Å². The molecule has 2 heterocycles. The molecule has 2 aliphatic heterocycles. The lowest BCUT2D eigenvalue weighted by atomic mass is 9.88. The van der Waals surface area contributed by atoms with E-state index in [4.69, 9.17) is 10.5 Å². The fraction of sp³-hybridized carbons (Fsp3) is 0.550. The predicted octanol–water partition coefficient (Wildman–Crippen LogP) is 2.77. The van der Waals surface area contributed by atoms with Crippen LogP contribution in [0.15, 0.2) is 29.3 Å². The highest BCUT2D eigenvalue weighted by Crippen LogP contribution is 2.35. The second kappa shape index (κ2) is 8.33. The Bertz CT molecular complexity index is 744. The maximum atomic E-state index is 13.0. The molecule has 1 aromatic carbocycles. The third-order valence-electron chi connectivity index (χ3n) is 5.33. The van der Waals surface area contributed by atoms with Crippen LogP contribution in [0.1, 0.15) is 49.0 Å². The summed E-state index contributed by atoms with van der Waals surface area (Å²) >= 11 is 1.57. The second-order valence-electron chi connectivity index (χ2n) is 7.22. The van der Waals surface area contributed by atoms with Crippen LogP contribution < -0.4 is 5.73 Å². The molecule has 146 valence electrons. The van der Waals surface area contributed by atoms with Gasteiger partial charge in [0.25, 0.3) is 5.91 Å². The first-order chi connectivity index (χ1) is 12.9. The van der Waals surface area contributed by atoms with Crippen LogP contribution in [0, 0.1) is 5.92 Å². The zero-order valence-electron chi connectivity index (χ0n) is 15.9. The standard InChI is InChI=1S/C20H27N3O3S/c1-3-26-18(25)14-7-10-23(11-8-14)17(24)15-5-4-6-16(13-15)20(2)9-12-27-19(21)22-20/h4-6,13-14H,3,7-12H2,1-2H3,(H2,21,22). The van der Waals surface area contributed by atoms with Crippen molar-refractivity contribution >= 4 is 28.8 Å². The normalized spacial score (nSPS) is 23.6. The molecule has 2 aliphatic rings. The maximum Gasteiger partial charge on any atom is 0.309 e. The van der Waals surface area contributed by atoms with Gasteiger partial charge in [-0.15, -0.1) is 0 Å². The third-order valence-corrected chi connectivity index (χ3v) is 6.12. The number of rotatable bonds is 4. The third kappa shape index (κ3) is 4.46. The first-order valence-corrected chi connectivity index (χ1v) is 10.5. The predicted molar refractivity (Wildman–Crippen MR) is 108 cm³/mol. The zero-order chi connectivity index (χ0) is 19.4. The van der Waals surface area contributed by atoms with E-state index < -0.39 is 0 Å². The lowest BCUT2D eigenvalue weighted by Crippen LogP contribution is -2.40. The minimum absolute atomic E-state index is 0.00453. The topological polar surface area (TPSA) is 85.0 Å². The van der Waals surface area contributed by atoms with Crippen LogP contribution in [0.2, 0.25) is 0 Å². The largest absolute Gasteiger partial charge is 0.466 e. The average molecular weight is 390 g/mol. The van der Waals surface area contributed by atoms with Crippen LogP contribution in [-0.2, 0) is 15.1 Å². The molecule has 1 fully saturated rings. The van der Waals surface area contributed by atoms with Gasteiger partial charge >= 0.3 is 5.97 Å². The van der Waals surface area contributed by atoms with Crippen molar-refractivity contribution in [3.63, 3.8) is 0 Å². The number of piperidine rings is 1. The van der Waals surface area contributed by atoms with Gasteiger partial charge in [0.1, 0.15) is 0 Å². The fourth-order valence-electron chi connectivity index (χ4n) is 3.64. The molecule has 0 saturated carbocycles. The summed E-state index contributed by atoms with van der Waals surface area (Å²) in [5, 5.41) is 0.599. The van der Waals surface area contributed by atoms with Gasteiger partial charge in [-0.1, -0.05) is 23.9 Å². The van der Waals surface area contributed by atoms with E-state index in [0.29, 0.717) is 43.3 Å². The van der Waals surface area contributed by atoms with Gasteiger partial charge in [0.2, 0.25) is 0 Å². The van der Waals surface area contributed by atoms with Crippen molar-refractivity contribution in [2.45, 2.75) is 38.6 Å². The lowest BCUT2D eigenvalue weighted by Gasteiger charge is -2.32. The van der Waals surface area contributed by atoms with Gasteiger partial charge in [-0.25, -0.2) is 0 Å². The molecular weight excluding hydrogens is 362 g/mol. The molecule has 0 spiro atoms. The number of carbonyl (C=O) groups is 2. The molecule has 6 nitrogen and oxygen atoms in total. The first-order valence-electron chi connectivity index (χ1n) is 9.47. The van der Waals surface area contributed by atoms with Crippen molar-refractivity contribution in [1.82, 2.24) is 4.90 Å². The molecule has 0 radical (unpaired) electrons. The van der Waals surface area contributed by atoms with Crippen LogP contribution in [0.4, 0.5) is 0 Å². The van der Waals surface area contributed by atoms with Gasteiger partial charge in [-0.3, -0.25) is 14.6 Å². The summed E-state index contributed by atoms with van der Waals surface area (Å²) in [6.07, 6.45) is 2.20. The number of aliphatic imine (C=N–C) groups is 1. The minimum atomic E-state index is -0.386. The number of hydrogen-bond donors (Lipinski definition) is 1. The number of ether oxygens (including phenoxy) is 1. The highest BCUT2D eigenvalue weighted by molar-refractivity contribution is 8.13. The number of thioether (sulfide) groups is 1. The zero-order valence-corrected chi connectivity index (χ0v) is 16.8. The van der Waals surface area contributed by atoms with Gasteiger partial charge < -0.3 is 15.4 Å². The first kappa shape index (κ1) is 19.7. The van der Waals surface area contributed by atoms with Crippen LogP contribution in [-0.4, -0.2) is 47.4 Å². The Morgan fingerprint density at radius 2 is 2.11 bits per heavy atom. The van der Waals surface area contributed by atoms with Crippen molar-refractivity contribution in [2.75, 3.05) is 25.4 Å². The molecule has 1 unspecified atom stereocenters. The number of nitrogens with two attached hydrogens (primary N) is 1. The van der Waals surface area contributed by atoms with Crippen molar-refractivity contribution in [3.05, 3.63) is 35.4 Å². The Hall–Kier alpha value is -2.02. The Morgan fingerprint density at radius 1 is 1.37 bits per heavy atom. The molecule has 1 saturated heterocycles. The number of amidine groups is 1. The number of carbonyl (C=O) groups excluding carboxylic acids is 2. The smallest absolute Gasteiger partial charge is 0.309 e. The quantitative estimate of drug-likeness (QED) is 0.801. The molecular formula is C20H27N3O3S. The number of esters is 1. The van der Waals surface area contributed by atoms with Gasteiger partial charge in [-0.05, 0) is 50.8 Å². The molecule has 1 amide bonds. The molecule has 0 aromatic heterocycles. The van der Waals surface area contributed by atoms with Gasteiger partial charge in [0.05, 0.1) is 18.1 Å². The van der Waals surface area contributed by atoms with E-state index in [1.54, 1.807) is 11.8 Å². The molecule has 27 heavy (non-hydrogen) atoms. The summed E-state index contributed by atoms with van der Waals surface area (Å²) in [7, 11) is 0. The number of likely N-dealkylation sites (tertiary alicyclic amines) is 1. The Morgan fingerprint density at radius 3 is 2.78 bits per heavy atom. The molecule has 0 aliphatic carbocycles. The molecule has 0 bridgehead atoms. The van der Waals surface area contributed by atoms with E-state index in [1.807, 2.05) is 36.1 Å². The summed E-state index contributed by atoms with van der Waals surface area (Å²) in [6.45, 7) is 5.42. The van der Waals surface area contributed by atoms with Crippen LogP contribution >= 0.6 is 11.8 Å². The lowest BCUT2D eigenvalue weighted by molar-refractivity contribution is -0.149. The number of benzene rings is 1. The van der Waals surface area contributed by atoms with Gasteiger partial charge in [0, 0.05) is 24.4 Å². The summed E-state index contributed by atoms with van der Waals surface area (Å²) < 4.78 is 5.10. The van der Waals surface area contributed by atoms with Crippen LogP contribution in [0.25, 0.3) is 0 Å². The summed E-state index contributed by atoms with van der Waals surface area (Å²) in [6, 6.07) is 7.70. The number of amides is 1. The molecule has 1 aromatic rings. The van der Waals surface area contributed by atoms with Crippen molar-refractivity contribution < 1.29 is 14.3 Å². The van der Waals surface area contributed by atoms with E-state index in [1.165, 1.54) is 0 Å².